The van der Waals surface area contributed by atoms with Crippen LogP contribution >= 0.6 is 0 Å². The van der Waals surface area contributed by atoms with Gasteiger partial charge in [-0.2, -0.15) is 0 Å². The molecular formula is C14H17BF3N2-. The third-order valence-corrected chi connectivity index (χ3v) is 3.68. The van der Waals surface area contributed by atoms with Crippen LogP contribution in [0.5, 0.6) is 0 Å². The molecule has 2 rings (SSSR count). The Bertz CT molecular complexity index is 528. The summed E-state index contributed by atoms with van der Waals surface area (Å²) in [6.07, 6.45) is 5.28. The second kappa shape index (κ2) is 5.90. The number of nitrogens with one attached hydrogen (secondary N) is 1. The van der Waals surface area contributed by atoms with Gasteiger partial charge in [-0.3, -0.25) is 4.90 Å². The normalized spacial score (nSPS) is 16.9. The standard InChI is InChI=1S/C14H17BF3N2/c1-3-12-8-13(10-20-6-4-19-5-7-20)11(2)14(9-12)15(16,17)18/h1,8-9,19H,4-7,10H2,2H3/q-1. The van der Waals surface area contributed by atoms with E-state index in [1.165, 1.54) is 6.92 Å². The van der Waals surface area contributed by atoms with E-state index >= 15 is 0 Å². The summed E-state index contributed by atoms with van der Waals surface area (Å²) in [4.78, 5) is 2.15. The second-order valence-electron chi connectivity index (χ2n) is 5.09. The highest BCUT2D eigenvalue weighted by molar-refractivity contribution is 6.74. The minimum absolute atomic E-state index is 0.301. The molecule has 0 atom stereocenters. The third kappa shape index (κ3) is 3.35. The van der Waals surface area contributed by atoms with E-state index in [-0.39, 0.29) is 0 Å². The Kier molecular flexibility index (Phi) is 4.41. The van der Waals surface area contributed by atoms with E-state index in [9.17, 15) is 12.9 Å². The first-order valence-electron chi connectivity index (χ1n) is 6.65. The quantitative estimate of drug-likeness (QED) is 0.666. The van der Waals surface area contributed by atoms with Gasteiger partial charge in [0.15, 0.2) is 0 Å². The predicted octanol–water partition coefficient (Wildman–Crippen LogP) is 1.44. The van der Waals surface area contributed by atoms with Crippen LogP contribution in [-0.2, 0) is 6.54 Å². The van der Waals surface area contributed by atoms with Gasteiger partial charge in [0.05, 0.1) is 0 Å². The lowest BCUT2D eigenvalue weighted by Crippen LogP contribution is -2.43. The van der Waals surface area contributed by atoms with Gasteiger partial charge in [-0.05, 0) is 18.6 Å². The third-order valence-electron chi connectivity index (χ3n) is 3.68. The van der Waals surface area contributed by atoms with E-state index < -0.39 is 12.4 Å². The van der Waals surface area contributed by atoms with Crippen molar-refractivity contribution in [2.75, 3.05) is 26.2 Å². The van der Waals surface area contributed by atoms with Crippen molar-refractivity contribution in [1.82, 2.24) is 10.2 Å². The van der Waals surface area contributed by atoms with Crippen LogP contribution in [0.25, 0.3) is 0 Å². The van der Waals surface area contributed by atoms with E-state index in [0.29, 0.717) is 23.2 Å². The maximum absolute atomic E-state index is 13.1. The zero-order valence-electron chi connectivity index (χ0n) is 11.4. The molecule has 1 aliphatic rings. The van der Waals surface area contributed by atoms with Crippen molar-refractivity contribution in [2.45, 2.75) is 13.5 Å². The van der Waals surface area contributed by atoms with Gasteiger partial charge in [0, 0.05) is 38.3 Å². The number of rotatable bonds is 3. The van der Waals surface area contributed by atoms with Crippen LogP contribution in [0.2, 0.25) is 0 Å². The number of benzene rings is 1. The Labute approximate surface area is 117 Å². The molecule has 0 aromatic heterocycles. The van der Waals surface area contributed by atoms with Crippen LogP contribution in [0.4, 0.5) is 12.9 Å². The molecule has 0 radical (unpaired) electrons. The molecule has 1 fully saturated rings. The van der Waals surface area contributed by atoms with E-state index in [0.717, 1.165) is 32.2 Å². The second-order valence-corrected chi connectivity index (χ2v) is 5.09. The van der Waals surface area contributed by atoms with Crippen LogP contribution in [-0.4, -0.2) is 38.1 Å². The predicted molar refractivity (Wildman–Crippen MR) is 76.0 cm³/mol. The fraction of sp³-hybridized carbons (Fsp3) is 0.429. The van der Waals surface area contributed by atoms with Crippen molar-refractivity contribution in [3.8, 4) is 12.3 Å². The molecule has 0 aliphatic carbocycles. The van der Waals surface area contributed by atoms with Gasteiger partial charge in [-0.25, -0.2) is 0 Å². The molecule has 108 valence electrons. The Balaban J connectivity index is 2.34. The first-order valence-corrected chi connectivity index (χ1v) is 6.65. The minimum Gasteiger partial charge on any atom is -0.445 e. The zero-order chi connectivity index (χ0) is 14.8. The summed E-state index contributed by atoms with van der Waals surface area (Å²) >= 11 is 0. The average Bonchev–Trinajstić information content (AvgIpc) is 2.41. The smallest absolute Gasteiger partial charge is 0.445 e. The largest absolute Gasteiger partial charge is 0.509 e. The van der Waals surface area contributed by atoms with Crippen molar-refractivity contribution in [3.05, 3.63) is 28.8 Å². The van der Waals surface area contributed by atoms with Crippen molar-refractivity contribution in [3.63, 3.8) is 0 Å². The highest BCUT2D eigenvalue weighted by atomic mass is 19.4. The molecule has 0 bridgehead atoms. The molecule has 1 saturated heterocycles. The lowest BCUT2D eigenvalue weighted by Gasteiger charge is -2.29. The molecule has 1 aromatic rings. The summed E-state index contributed by atoms with van der Waals surface area (Å²) < 4.78 is 39.3. The lowest BCUT2D eigenvalue weighted by atomic mass is 9.75. The molecule has 1 aromatic carbocycles. The topological polar surface area (TPSA) is 15.3 Å². The zero-order valence-corrected chi connectivity index (χ0v) is 11.4. The summed E-state index contributed by atoms with van der Waals surface area (Å²) in [6, 6.07) is 2.78. The molecule has 6 heteroatoms. The van der Waals surface area contributed by atoms with E-state index in [2.05, 4.69) is 16.1 Å². The van der Waals surface area contributed by atoms with Gasteiger partial charge in [0.25, 0.3) is 0 Å². The number of terminal acetylenes is 1. The lowest BCUT2D eigenvalue weighted by molar-refractivity contribution is 0.233. The summed E-state index contributed by atoms with van der Waals surface area (Å²) in [5, 5.41) is 3.22. The highest BCUT2D eigenvalue weighted by Crippen LogP contribution is 2.18. The molecule has 20 heavy (non-hydrogen) atoms. The molecule has 2 nitrogen and oxygen atoms in total. The molecule has 1 heterocycles. The summed E-state index contributed by atoms with van der Waals surface area (Å²) in [7, 11) is 0. The maximum atomic E-state index is 13.1. The van der Waals surface area contributed by atoms with Gasteiger partial charge in [0.1, 0.15) is 0 Å². The Morgan fingerprint density at radius 2 is 1.95 bits per heavy atom. The van der Waals surface area contributed by atoms with Crippen molar-refractivity contribution in [1.29, 1.82) is 0 Å². The number of nitrogens with zero attached hydrogens (tertiary/aromatic N) is 1. The number of hydrogen-bond acceptors (Lipinski definition) is 2. The minimum atomic E-state index is -5.03. The monoisotopic (exact) mass is 281 g/mol. The van der Waals surface area contributed by atoms with Gasteiger partial charge >= 0.3 is 6.98 Å². The van der Waals surface area contributed by atoms with Crippen molar-refractivity contribution < 1.29 is 12.9 Å². The van der Waals surface area contributed by atoms with Gasteiger partial charge < -0.3 is 18.3 Å². The van der Waals surface area contributed by atoms with Crippen LogP contribution in [0.1, 0.15) is 16.7 Å². The number of halogens is 3. The van der Waals surface area contributed by atoms with Crippen LogP contribution in [0.3, 0.4) is 0 Å². The highest BCUT2D eigenvalue weighted by Gasteiger charge is 2.29. The Hall–Kier alpha value is -1.45. The summed E-state index contributed by atoms with van der Waals surface area (Å²) in [5.41, 5.74) is 0.715. The van der Waals surface area contributed by atoms with Gasteiger partial charge in [0.2, 0.25) is 0 Å². The number of piperazine rings is 1. The van der Waals surface area contributed by atoms with Gasteiger partial charge in [-0.1, -0.05) is 17.6 Å². The average molecular weight is 281 g/mol. The molecule has 0 amide bonds. The Morgan fingerprint density at radius 1 is 1.30 bits per heavy atom. The van der Waals surface area contributed by atoms with E-state index in [1.54, 1.807) is 6.07 Å². The van der Waals surface area contributed by atoms with E-state index in [4.69, 9.17) is 6.42 Å². The van der Waals surface area contributed by atoms with Crippen molar-refractivity contribution >= 4 is 12.4 Å². The van der Waals surface area contributed by atoms with Crippen LogP contribution < -0.4 is 10.8 Å². The molecule has 1 aliphatic heterocycles. The number of hydrogen-bond donors (Lipinski definition) is 1. The maximum Gasteiger partial charge on any atom is 0.509 e. The fourth-order valence-corrected chi connectivity index (χ4v) is 2.50. The SMILES string of the molecule is C#Cc1cc(CN2CCNCC2)c(C)c([B-](F)(F)F)c1. The van der Waals surface area contributed by atoms with Crippen LogP contribution in [0, 0.1) is 19.3 Å². The summed E-state index contributed by atoms with van der Waals surface area (Å²) in [5.74, 6) is 2.32. The van der Waals surface area contributed by atoms with Gasteiger partial charge in [-0.15, -0.1) is 11.9 Å². The van der Waals surface area contributed by atoms with E-state index in [1.807, 2.05) is 0 Å². The van der Waals surface area contributed by atoms with Crippen LogP contribution in [0.15, 0.2) is 12.1 Å². The molecule has 0 unspecified atom stereocenters. The molecule has 0 spiro atoms. The fourth-order valence-electron chi connectivity index (χ4n) is 2.50. The summed E-state index contributed by atoms with van der Waals surface area (Å²) in [6.45, 7) is 0.422. The Morgan fingerprint density at radius 3 is 2.50 bits per heavy atom. The molecular weight excluding hydrogens is 264 g/mol. The molecule has 0 saturated carbocycles. The first-order chi connectivity index (χ1) is 9.41. The van der Waals surface area contributed by atoms with Crippen molar-refractivity contribution in [2.24, 2.45) is 0 Å². The molecule has 1 N–H and O–H groups in total. The first kappa shape index (κ1) is 15.0.